The van der Waals surface area contributed by atoms with Crippen LogP contribution >= 0.6 is 0 Å². The van der Waals surface area contributed by atoms with Gasteiger partial charge >= 0.3 is 6.03 Å². The van der Waals surface area contributed by atoms with Gasteiger partial charge in [-0.2, -0.15) is 0 Å². The van der Waals surface area contributed by atoms with Crippen molar-refractivity contribution in [3.05, 3.63) is 0 Å². The van der Waals surface area contributed by atoms with Crippen molar-refractivity contribution in [2.75, 3.05) is 33.2 Å². The molecule has 0 radical (unpaired) electrons. The van der Waals surface area contributed by atoms with Crippen LogP contribution in [-0.4, -0.2) is 55.4 Å². The quantitative estimate of drug-likeness (QED) is 0.599. The van der Waals surface area contributed by atoms with Gasteiger partial charge in [-0.1, -0.05) is 0 Å². The summed E-state index contributed by atoms with van der Waals surface area (Å²) in [6.45, 7) is 4.83. The molecule has 0 bridgehead atoms. The molecule has 0 spiro atoms. The van der Waals surface area contributed by atoms with Crippen molar-refractivity contribution < 1.29 is 9.90 Å². The van der Waals surface area contributed by atoms with E-state index in [-0.39, 0.29) is 6.03 Å². The van der Waals surface area contributed by atoms with E-state index in [1.807, 2.05) is 0 Å². The van der Waals surface area contributed by atoms with E-state index in [1.165, 1.54) is 0 Å². The van der Waals surface area contributed by atoms with Crippen LogP contribution in [0.25, 0.3) is 0 Å². The molecule has 3 N–H and O–H groups in total. The number of aliphatic hydroxyl groups excluding tert-OH is 1. The minimum atomic E-state index is -0.492. The monoisotopic (exact) mass is 215 g/mol. The summed E-state index contributed by atoms with van der Waals surface area (Å²) in [5.74, 6) is 0.562. The number of carbonyl (C=O) groups excluding carboxylic acids is 1. The summed E-state index contributed by atoms with van der Waals surface area (Å²) in [6.07, 6.45) is 0.654. The molecule has 0 saturated carbocycles. The van der Waals surface area contributed by atoms with E-state index >= 15 is 0 Å². The molecule has 2 unspecified atom stereocenters. The van der Waals surface area contributed by atoms with Crippen LogP contribution in [0, 0.1) is 5.92 Å². The first kappa shape index (κ1) is 12.3. The largest absolute Gasteiger partial charge is 0.392 e. The maximum Gasteiger partial charge on any atom is 0.314 e. The average Bonchev–Trinajstić information content (AvgIpc) is 2.58. The van der Waals surface area contributed by atoms with E-state index in [0.29, 0.717) is 12.5 Å². The summed E-state index contributed by atoms with van der Waals surface area (Å²) in [5, 5.41) is 14.4. The van der Waals surface area contributed by atoms with Gasteiger partial charge in [0, 0.05) is 19.6 Å². The number of aliphatic hydroxyl groups is 1. The Balaban J connectivity index is 2.06. The number of amides is 2. The number of hydrogen-bond acceptors (Lipinski definition) is 3. The fourth-order valence-corrected chi connectivity index (χ4v) is 1.73. The molecule has 1 saturated heterocycles. The molecule has 5 heteroatoms. The van der Waals surface area contributed by atoms with Crippen molar-refractivity contribution in [2.24, 2.45) is 5.92 Å². The van der Waals surface area contributed by atoms with E-state index in [2.05, 4.69) is 22.6 Å². The Morgan fingerprint density at radius 3 is 2.87 bits per heavy atom. The maximum atomic E-state index is 11.2. The minimum Gasteiger partial charge on any atom is -0.392 e. The van der Waals surface area contributed by atoms with Crippen LogP contribution in [0.1, 0.15) is 13.3 Å². The van der Waals surface area contributed by atoms with Gasteiger partial charge < -0.3 is 20.6 Å². The van der Waals surface area contributed by atoms with E-state index in [0.717, 1.165) is 26.1 Å². The molecule has 1 aliphatic rings. The second-order valence-corrected chi connectivity index (χ2v) is 4.36. The fraction of sp³-hybridized carbons (Fsp3) is 0.900. The van der Waals surface area contributed by atoms with Crippen LogP contribution < -0.4 is 10.6 Å². The lowest BCUT2D eigenvalue weighted by Gasteiger charge is -2.13. The summed E-state index contributed by atoms with van der Waals surface area (Å²) < 4.78 is 0. The standard InChI is InChI=1S/C10H21N3O2/c1-8(14)5-11-10(15)12-6-9-3-4-13(2)7-9/h8-9,14H,3-7H2,1-2H3,(H2,11,12,15). The number of hydrogen-bond donors (Lipinski definition) is 3. The van der Waals surface area contributed by atoms with Gasteiger partial charge in [0.1, 0.15) is 0 Å². The molecular formula is C10H21N3O2. The number of rotatable bonds is 4. The van der Waals surface area contributed by atoms with Gasteiger partial charge in [-0.25, -0.2) is 4.79 Å². The number of carbonyl (C=O) groups is 1. The van der Waals surface area contributed by atoms with Crippen LogP contribution in [0.5, 0.6) is 0 Å². The normalized spacial score (nSPS) is 23.8. The number of nitrogens with zero attached hydrogens (tertiary/aromatic N) is 1. The van der Waals surface area contributed by atoms with Crippen molar-refractivity contribution in [3.63, 3.8) is 0 Å². The third-order valence-corrected chi connectivity index (χ3v) is 2.60. The van der Waals surface area contributed by atoms with Crippen molar-refractivity contribution in [3.8, 4) is 0 Å². The van der Waals surface area contributed by atoms with Gasteiger partial charge in [0.15, 0.2) is 0 Å². The van der Waals surface area contributed by atoms with E-state index < -0.39 is 6.10 Å². The molecule has 88 valence electrons. The van der Waals surface area contributed by atoms with Crippen LogP contribution in [0.3, 0.4) is 0 Å². The lowest BCUT2D eigenvalue weighted by molar-refractivity contribution is 0.187. The van der Waals surface area contributed by atoms with Gasteiger partial charge in [-0.05, 0) is 32.9 Å². The zero-order valence-corrected chi connectivity index (χ0v) is 9.49. The summed E-state index contributed by atoms with van der Waals surface area (Å²) >= 11 is 0. The van der Waals surface area contributed by atoms with E-state index in [4.69, 9.17) is 5.11 Å². The lowest BCUT2D eigenvalue weighted by atomic mass is 10.1. The molecule has 0 aromatic heterocycles. The summed E-state index contributed by atoms with van der Waals surface area (Å²) in [6, 6.07) is -0.189. The summed E-state index contributed by atoms with van der Waals surface area (Å²) in [4.78, 5) is 13.5. The van der Waals surface area contributed by atoms with Crippen LogP contribution in [-0.2, 0) is 0 Å². The molecule has 1 heterocycles. The number of urea groups is 1. The molecule has 1 fully saturated rings. The first-order chi connectivity index (χ1) is 7.08. The van der Waals surface area contributed by atoms with Gasteiger partial charge in [-0.15, -0.1) is 0 Å². The molecule has 0 aliphatic carbocycles. The van der Waals surface area contributed by atoms with Crippen molar-refractivity contribution in [1.82, 2.24) is 15.5 Å². The molecule has 1 rings (SSSR count). The zero-order chi connectivity index (χ0) is 11.3. The van der Waals surface area contributed by atoms with Gasteiger partial charge in [-0.3, -0.25) is 0 Å². The Morgan fingerprint density at radius 1 is 1.60 bits per heavy atom. The first-order valence-electron chi connectivity index (χ1n) is 5.46. The van der Waals surface area contributed by atoms with Crippen LogP contribution in [0.2, 0.25) is 0 Å². The predicted octanol–water partition coefficient (Wildman–Crippen LogP) is -0.382. The predicted molar refractivity (Wildman–Crippen MR) is 58.7 cm³/mol. The second-order valence-electron chi connectivity index (χ2n) is 4.36. The highest BCUT2D eigenvalue weighted by atomic mass is 16.3. The zero-order valence-electron chi connectivity index (χ0n) is 9.49. The second kappa shape index (κ2) is 5.92. The Bertz CT molecular complexity index is 209. The number of likely N-dealkylation sites (tertiary alicyclic amines) is 1. The summed E-state index contributed by atoms with van der Waals surface area (Å²) in [7, 11) is 2.09. The molecule has 0 aromatic carbocycles. The van der Waals surface area contributed by atoms with E-state index in [9.17, 15) is 4.79 Å². The molecule has 0 aromatic rings. The molecule has 5 nitrogen and oxygen atoms in total. The highest BCUT2D eigenvalue weighted by Gasteiger charge is 2.19. The maximum absolute atomic E-state index is 11.2. The smallest absolute Gasteiger partial charge is 0.314 e. The SMILES string of the molecule is CC(O)CNC(=O)NCC1CCN(C)C1. The van der Waals surface area contributed by atoms with Crippen LogP contribution in [0.4, 0.5) is 4.79 Å². The Labute approximate surface area is 90.8 Å². The molecule has 1 aliphatic heterocycles. The average molecular weight is 215 g/mol. The van der Waals surface area contributed by atoms with Gasteiger partial charge in [0.25, 0.3) is 0 Å². The fourth-order valence-electron chi connectivity index (χ4n) is 1.73. The molecule has 2 amide bonds. The van der Waals surface area contributed by atoms with Crippen molar-refractivity contribution >= 4 is 6.03 Å². The molecular weight excluding hydrogens is 194 g/mol. The minimum absolute atomic E-state index is 0.189. The van der Waals surface area contributed by atoms with Crippen LogP contribution in [0.15, 0.2) is 0 Å². The third kappa shape index (κ3) is 4.99. The third-order valence-electron chi connectivity index (χ3n) is 2.60. The van der Waals surface area contributed by atoms with Gasteiger partial charge in [0.05, 0.1) is 6.10 Å². The van der Waals surface area contributed by atoms with Crippen molar-refractivity contribution in [1.29, 1.82) is 0 Å². The Morgan fingerprint density at radius 2 is 2.33 bits per heavy atom. The van der Waals surface area contributed by atoms with Crippen molar-refractivity contribution in [2.45, 2.75) is 19.4 Å². The van der Waals surface area contributed by atoms with E-state index in [1.54, 1.807) is 6.92 Å². The first-order valence-corrected chi connectivity index (χ1v) is 5.46. The lowest BCUT2D eigenvalue weighted by Crippen LogP contribution is -2.41. The van der Waals surface area contributed by atoms with Gasteiger partial charge in [0.2, 0.25) is 0 Å². The summed E-state index contributed by atoms with van der Waals surface area (Å²) in [5.41, 5.74) is 0. The highest BCUT2D eigenvalue weighted by molar-refractivity contribution is 5.73. The highest BCUT2D eigenvalue weighted by Crippen LogP contribution is 2.12. The number of nitrogens with one attached hydrogen (secondary N) is 2. The Hall–Kier alpha value is -0.810. The molecule has 2 atom stereocenters. The molecule has 15 heavy (non-hydrogen) atoms. The Kier molecular flexibility index (Phi) is 4.84. The topological polar surface area (TPSA) is 64.6 Å².